The maximum absolute atomic E-state index is 13.1. The first kappa shape index (κ1) is 27.4. The number of aromatic nitrogens is 1. The number of hydrogen-bond acceptors (Lipinski definition) is 6. The third-order valence-corrected chi connectivity index (χ3v) is 10.1. The highest BCUT2D eigenvalue weighted by Gasteiger charge is 2.41. The first-order valence-corrected chi connectivity index (χ1v) is 14.4. The van der Waals surface area contributed by atoms with Gasteiger partial charge in [-0.1, -0.05) is 34.1 Å². The molecule has 2 fully saturated rings. The largest absolute Gasteiger partial charge is 0.458 e. The van der Waals surface area contributed by atoms with Crippen molar-refractivity contribution >= 4 is 37.7 Å². The Morgan fingerprint density at radius 1 is 1.32 bits per heavy atom. The van der Waals surface area contributed by atoms with E-state index in [1.165, 1.54) is 11.3 Å². The predicted octanol–water partition coefficient (Wildman–Crippen LogP) is 5.94. The molecule has 7 atom stereocenters. The lowest BCUT2D eigenvalue weighted by Gasteiger charge is -2.31. The second-order valence-electron chi connectivity index (χ2n) is 10.7. The number of hydrogen-bond donors (Lipinski definition) is 1. The fraction of sp³-hybridized carbons (Fsp3) is 0.731. The molecule has 0 aromatic carbocycles. The van der Waals surface area contributed by atoms with Gasteiger partial charge in [0, 0.05) is 23.1 Å². The van der Waals surface area contributed by atoms with Crippen molar-refractivity contribution < 1.29 is 23.8 Å². The lowest BCUT2D eigenvalue weighted by atomic mass is 9.74. The minimum atomic E-state index is -0.719. The first-order valence-electron chi connectivity index (χ1n) is 12.4. The van der Waals surface area contributed by atoms with Crippen LogP contribution in [0.5, 0.6) is 0 Å². The number of thiazole rings is 1. The van der Waals surface area contributed by atoms with Gasteiger partial charge in [0.25, 0.3) is 0 Å². The summed E-state index contributed by atoms with van der Waals surface area (Å²) in [4.78, 5) is 30.2. The summed E-state index contributed by atoms with van der Waals surface area (Å²) in [6, 6.07) is 0. The maximum Gasteiger partial charge on any atom is 0.306 e. The number of esters is 1. The number of carbonyl (C=O) groups is 2. The summed E-state index contributed by atoms with van der Waals surface area (Å²) >= 11 is 1.29. The fourth-order valence-electron chi connectivity index (χ4n) is 4.92. The van der Waals surface area contributed by atoms with Gasteiger partial charge in [-0.15, -0.1) is 19.9 Å². The van der Waals surface area contributed by atoms with Crippen molar-refractivity contribution in [2.24, 2.45) is 17.3 Å². The second-order valence-corrected chi connectivity index (χ2v) is 13.5. The summed E-state index contributed by atoms with van der Waals surface area (Å²) in [7, 11) is 0.865. The molecule has 0 spiro atoms. The number of fused-ring (bicyclic) bond motifs is 1. The van der Waals surface area contributed by atoms with Crippen molar-refractivity contribution in [1.82, 2.24) is 4.98 Å². The number of aliphatic hydroxyl groups is 1. The molecule has 2 saturated heterocycles. The quantitative estimate of drug-likeness (QED) is 0.402. The van der Waals surface area contributed by atoms with Crippen LogP contribution in [0.2, 0.25) is 0 Å². The topological polar surface area (TPSA) is 76.5 Å². The van der Waals surface area contributed by atoms with Gasteiger partial charge < -0.3 is 9.84 Å². The third-order valence-electron chi connectivity index (χ3n) is 7.42. The van der Waals surface area contributed by atoms with Crippen molar-refractivity contribution in [3.8, 4) is 0 Å². The third kappa shape index (κ3) is 7.18. The maximum atomic E-state index is 13.1. The highest BCUT2D eigenvalue weighted by atomic mass is 32.1. The van der Waals surface area contributed by atoms with Crippen molar-refractivity contribution in [3.63, 3.8) is 0 Å². The van der Waals surface area contributed by atoms with E-state index in [2.05, 4.69) is 4.98 Å². The molecule has 1 N–H and O–H groups in total. The number of ketones is 1. The summed E-state index contributed by atoms with van der Waals surface area (Å²) in [6.07, 6.45) is 5.25. The Bertz CT molecular complexity index is 901. The van der Waals surface area contributed by atoms with Crippen molar-refractivity contribution in [2.75, 3.05) is 0 Å². The van der Waals surface area contributed by atoms with Crippen LogP contribution in [-0.4, -0.2) is 45.4 Å². The van der Waals surface area contributed by atoms with Crippen LogP contribution in [0.3, 0.4) is 0 Å². The Kier molecular flexibility index (Phi) is 9.44. The molecule has 190 valence electrons. The molecule has 5 unspecified atom stereocenters. The van der Waals surface area contributed by atoms with Gasteiger partial charge in [0.1, 0.15) is 23.6 Å². The van der Waals surface area contributed by atoms with E-state index in [0.717, 1.165) is 39.8 Å². The molecular weight excluding hydrogens is 472 g/mol. The predicted molar refractivity (Wildman–Crippen MR) is 137 cm³/mol. The molecule has 0 saturated carbocycles. The number of cyclic esters (lactones) is 1. The molecule has 2 aliphatic heterocycles. The van der Waals surface area contributed by atoms with E-state index in [9.17, 15) is 19.1 Å². The lowest BCUT2D eigenvalue weighted by molar-refractivity contribution is -0.148. The molecule has 1 aromatic heterocycles. The number of carbonyl (C=O) groups excluding carboxylic acids is 2. The number of alkyl halides is 1. The Balaban J connectivity index is 1.77. The molecule has 34 heavy (non-hydrogen) atoms. The number of ether oxygens (including phenoxy) is 1. The lowest BCUT2D eigenvalue weighted by Crippen LogP contribution is -2.39. The standard InChI is InChI=1S/C26H39FNO4PS/c1-15-7-6-8-20-21(33-20)12-19(16(2)11-18-14-34-22(13-27)28-18)32-23(29)9-10-26(4,5)25(31)17(3)24(15)30/h11,14-15,17,19-21,24,30,33H,6-10,12-13H2,1-5H3/b16-11+/t15-,17+,19?,20?,21?,24?/m0/s1. The Hall–Kier alpha value is -1.17. The molecule has 0 bridgehead atoms. The minimum Gasteiger partial charge on any atom is -0.458 e. The number of Topliss-reactive ketones (excluding diaryl/α,β-unsaturated/α-hetero) is 1. The van der Waals surface area contributed by atoms with Gasteiger partial charge in [-0.2, -0.15) is 0 Å². The van der Waals surface area contributed by atoms with E-state index in [1.54, 1.807) is 0 Å². The van der Waals surface area contributed by atoms with E-state index in [0.29, 0.717) is 28.4 Å². The van der Waals surface area contributed by atoms with Crippen LogP contribution >= 0.6 is 19.9 Å². The second kappa shape index (κ2) is 11.7. The molecule has 2 aliphatic rings. The van der Waals surface area contributed by atoms with Gasteiger partial charge in [0.15, 0.2) is 0 Å². The average molecular weight is 512 g/mol. The van der Waals surface area contributed by atoms with Crippen molar-refractivity contribution in [3.05, 3.63) is 21.7 Å². The zero-order valence-corrected chi connectivity index (χ0v) is 22.8. The van der Waals surface area contributed by atoms with Gasteiger partial charge >= 0.3 is 5.97 Å². The van der Waals surface area contributed by atoms with Crippen LogP contribution in [0.25, 0.3) is 6.08 Å². The number of nitrogens with zero attached hydrogens (tertiary/aromatic N) is 1. The molecule has 3 heterocycles. The van der Waals surface area contributed by atoms with E-state index in [-0.39, 0.29) is 30.2 Å². The summed E-state index contributed by atoms with van der Waals surface area (Å²) in [5.41, 5.74) is 2.08. The zero-order chi connectivity index (χ0) is 25.0. The van der Waals surface area contributed by atoms with Gasteiger partial charge in [-0.05, 0) is 61.5 Å². The van der Waals surface area contributed by atoms with Gasteiger partial charge in [0.2, 0.25) is 0 Å². The number of rotatable bonds is 3. The van der Waals surface area contributed by atoms with Gasteiger partial charge in [-0.25, -0.2) is 9.37 Å². The molecule has 1 aromatic rings. The van der Waals surface area contributed by atoms with Gasteiger partial charge in [0.05, 0.1) is 11.8 Å². The zero-order valence-electron chi connectivity index (χ0n) is 21.0. The molecule has 3 rings (SSSR count). The first-order chi connectivity index (χ1) is 16.0. The van der Waals surface area contributed by atoms with E-state index in [4.69, 9.17) is 4.74 Å². The van der Waals surface area contributed by atoms with Crippen LogP contribution in [0.1, 0.15) is 83.8 Å². The Morgan fingerprint density at radius 3 is 2.74 bits per heavy atom. The van der Waals surface area contributed by atoms with Crippen LogP contribution in [0, 0.1) is 17.3 Å². The van der Waals surface area contributed by atoms with Crippen LogP contribution in [0.4, 0.5) is 4.39 Å². The molecule has 8 heteroatoms. The molecule has 0 aliphatic carbocycles. The molecule has 0 amide bonds. The highest BCUT2D eigenvalue weighted by Crippen LogP contribution is 2.54. The van der Waals surface area contributed by atoms with Crippen molar-refractivity contribution in [1.29, 1.82) is 0 Å². The summed E-state index contributed by atoms with van der Waals surface area (Å²) in [5, 5.41) is 13.0. The van der Waals surface area contributed by atoms with E-state index >= 15 is 0 Å². The van der Waals surface area contributed by atoms with Crippen LogP contribution < -0.4 is 0 Å². The Labute approximate surface area is 208 Å². The molecular formula is C26H39FNO4PS. The minimum absolute atomic E-state index is 0.00434. The van der Waals surface area contributed by atoms with Crippen LogP contribution in [0.15, 0.2) is 11.0 Å². The monoisotopic (exact) mass is 511 g/mol. The number of aliphatic hydroxyl groups excluding tert-OH is 1. The van der Waals surface area contributed by atoms with Crippen molar-refractivity contribution in [2.45, 2.75) is 103 Å². The number of halogens is 1. The van der Waals surface area contributed by atoms with E-state index < -0.39 is 24.1 Å². The summed E-state index contributed by atoms with van der Waals surface area (Å²) < 4.78 is 18.8. The van der Waals surface area contributed by atoms with Crippen LogP contribution in [-0.2, 0) is 21.0 Å². The summed E-state index contributed by atoms with van der Waals surface area (Å²) in [6.45, 7) is 8.91. The smallest absolute Gasteiger partial charge is 0.306 e. The highest BCUT2D eigenvalue weighted by molar-refractivity contribution is 7.48. The normalized spacial score (nSPS) is 34.5. The average Bonchev–Trinajstić information content (AvgIpc) is 3.37. The SMILES string of the molecule is C/C(=C\c1csc(CF)n1)C1CC2PC2CCC[C@H](C)C(O)[C@@H](C)C(=O)C(C)(C)CCC(=O)O1. The van der Waals surface area contributed by atoms with E-state index in [1.807, 2.05) is 46.1 Å². The molecule has 5 nitrogen and oxygen atoms in total. The summed E-state index contributed by atoms with van der Waals surface area (Å²) in [5.74, 6) is -0.709. The Morgan fingerprint density at radius 2 is 2.06 bits per heavy atom. The van der Waals surface area contributed by atoms with Gasteiger partial charge in [-0.3, -0.25) is 9.59 Å². The fourth-order valence-corrected chi connectivity index (χ4v) is 6.98. The molecule has 0 radical (unpaired) electrons.